The number of nitrogens with zero attached hydrogens (tertiary/aromatic N) is 4. The van der Waals surface area contributed by atoms with Gasteiger partial charge in [0.2, 0.25) is 0 Å². The molecule has 0 N–H and O–H groups in total. The topological polar surface area (TPSA) is 87.4 Å². The Kier molecular flexibility index (Phi) is 8.20. The van der Waals surface area contributed by atoms with E-state index in [1.54, 1.807) is 0 Å². The summed E-state index contributed by atoms with van der Waals surface area (Å²) >= 11 is 0. The zero-order valence-corrected chi connectivity index (χ0v) is 29.0. The highest BCUT2D eigenvalue weighted by atomic mass is 16.6. The molecule has 10 rings (SSSR count). The van der Waals surface area contributed by atoms with E-state index in [4.69, 9.17) is 28.9 Å². The number of aliphatic imine (C=N–C) groups is 2. The Morgan fingerprint density at radius 2 is 0.942 bits per heavy atom. The third-order valence-corrected chi connectivity index (χ3v) is 9.73. The fraction of sp³-hybridized carbons (Fsp3) is 0.182. The fourth-order valence-electron chi connectivity index (χ4n) is 6.92. The van der Waals surface area contributed by atoms with Gasteiger partial charge in [0, 0.05) is 37.6 Å². The molecule has 52 heavy (non-hydrogen) atoms. The molecule has 4 aliphatic heterocycles. The van der Waals surface area contributed by atoms with E-state index in [0.29, 0.717) is 13.2 Å². The van der Waals surface area contributed by atoms with Gasteiger partial charge in [-0.2, -0.15) is 0 Å². The average molecular weight is 685 g/mol. The van der Waals surface area contributed by atoms with Crippen LogP contribution in [0.4, 0.5) is 11.4 Å². The summed E-state index contributed by atoms with van der Waals surface area (Å²) in [5.74, 6) is 3.22. The van der Waals surface area contributed by atoms with Crippen LogP contribution in [0.15, 0.2) is 132 Å². The fourth-order valence-corrected chi connectivity index (χ4v) is 6.92. The minimum Gasteiger partial charge on any atom is -0.485 e. The Hall–Kier alpha value is -6.28. The molecule has 2 aromatic heterocycles. The Balaban J connectivity index is 0.000000138. The van der Waals surface area contributed by atoms with Crippen LogP contribution in [0.2, 0.25) is 0 Å². The van der Waals surface area contributed by atoms with Crippen molar-refractivity contribution in [1.29, 1.82) is 0 Å². The molecule has 2 atom stereocenters. The van der Waals surface area contributed by atoms with Gasteiger partial charge in [0.15, 0.2) is 35.2 Å². The summed E-state index contributed by atoms with van der Waals surface area (Å²) in [5, 5.41) is 0. The summed E-state index contributed by atoms with van der Waals surface area (Å²) in [6.45, 7) is 5.10. The molecule has 0 radical (unpaired) electrons. The van der Waals surface area contributed by atoms with Gasteiger partial charge < -0.3 is 18.9 Å². The van der Waals surface area contributed by atoms with Crippen molar-refractivity contribution in [2.45, 2.75) is 38.9 Å². The van der Waals surface area contributed by atoms with Crippen LogP contribution < -0.4 is 18.9 Å². The van der Waals surface area contributed by atoms with Gasteiger partial charge in [-0.15, -0.1) is 0 Å². The second-order valence-electron chi connectivity index (χ2n) is 13.5. The summed E-state index contributed by atoms with van der Waals surface area (Å²) in [5.41, 5.74) is 13.5. The third kappa shape index (κ3) is 6.39. The first-order valence-electron chi connectivity index (χ1n) is 17.5. The Bertz CT molecular complexity index is 2360. The molecule has 0 saturated carbocycles. The van der Waals surface area contributed by atoms with Crippen LogP contribution in [0.5, 0.6) is 23.0 Å². The Morgan fingerprint density at radius 1 is 0.462 bits per heavy atom. The summed E-state index contributed by atoms with van der Waals surface area (Å²) in [6.07, 6.45) is 8.58. The van der Waals surface area contributed by atoms with Crippen LogP contribution >= 0.6 is 0 Å². The molecule has 4 aromatic carbocycles. The molecule has 256 valence electrons. The summed E-state index contributed by atoms with van der Waals surface area (Å²) in [4.78, 5) is 17.9. The highest BCUT2D eigenvalue weighted by molar-refractivity contribution is 5.99. The lowest BCUT2D eigenvalue weighted by atomic mass is 10.0. The first kappa shape index (κ1) is 31.7. The van der Waals surface area contributed by atoms with Crippen LogP contribution in [0, 0.1) is 13.8 Å². The molecule has 8 nitrogen and oxygen atoms in total. The molecule has 8 heteroatoms. The minimum atomic E-state index is -0.138. The number of aromatic nitrogens is 2. The average Bonchev–Trinajstić information content (AvgIpc) is 3.82. The van der Waals surface area contributed by atoms with Gasteiger partial charge in [-0.05, 0) is 119 Å². The van der Waals surface area contributed by atoms with Crippen molar-refractivity contribution in [1.82, 2.24) is 9.97 Å². The lowest BCUT2D eigenvalue weighted by molar-refractivity contribution is 0.134. The monoisotopic (exact) mass is 684 g/mol. The maximum atomic E-state index is 6.18. The van der Waals surface area contributed by atoms with Crippen molar-refractivity contribution in [2.24, 2.45) is 9.98 Å². The summed E-state index contributed by atoms with van der Waals surface area (Å²) < 4.78 is 24.1. The molecular formula is C44H36N4O4. The Morgan fingerprint density at radius 3 is 1.50 bits per heavy atom. The van der Waals surface area contributed by atoms with Crippen molar-refractivity contribution in [2.75, 3.05) is 13.2 Å². The molecule has 0 spiro atoms. The van der Waals surface area contributed by atoms with Crippen LogP contribution in [0.1, 0.15) is 22.3 Å². The normalized spacial score (nSPS) is 17.6. The van der Waals surface area contributed by atoms with Gasteiger partial charge in [-0.1, -0.05) is 36.4 Å². The van der Waals surface area contributed by atoms with Crippen molar-refractivity contribution in [3.05, 3.63) is 144 Å². The highest BCUT2D eigenvalue weighted by Gasteiger charge is 2.31. The van der Waals surface area contributed by atoms with E-state index < -0.39 is 0 Å². The quantitative estimate of drug-likeness (QED) is 0.184. The van der Waals surface area contributed by atoms with Gasteiger partial charge in [0.25, 0.3) is 0 Å². The van der Waals surface area contributed by atoms with Crippen molar-refractivity contribution in [3.8, 4) is 45.3 Å². The van der Waals surface area contributed by atoms with Crippen LogP contribution in [0.3, 0.4) is 0 Å². The largest absolute Gasteiger partial charge is 0.485 e. The van der Waals surface area contributed by atoms with E-state index in [1.807, 2.05) is 92.4 Å². The molecule has 6 heterocycles. The molecule has 0 saturated heterocycles. The van der Waals surface area contributed by atoms with E-state index >= 15 is 0 Å². The van der Waals surface area contributed by atoms with Gasteiger partial charge in [0.1, 0.15) is 13.2 Å². The number of hydrogen-bond acceptors (Lipinski definition) is 8. The summed E-state index contributed by atoms with van der Waals surface area (Å²) in [7, 11) is 0. The Labute approximate surface area is 302 Å². The van der Waals surface area contributed by atoms with Crippen molar-refractivity contribution >= 4 is 22.8 Å². The number of aryl methyl sites for hydroxylation is 2. The maximum Gasteiger partial charge on any atom is 0.171 e. The van der Waals surface area contributed by atoms with Gasteiger partial charge >= 0.3 is 0 Å². The number of rotatable bonds is 4. The molecule has 0 fully saturated rings. The van der Waals surface area contributed by atoms with Gasteiger partial charge in [-0.25, -0.2) is 0 Å². The van der Waals surface area contributed by atoms with E-state index in [9.17, 15) is 0 Å². The molecule has 0 aliphatic carbocycles. The number of benzene rings is 4. The first-order chi connectivity index (χ1) is 25.5. The smallest absolute Gasteiger partial charge is 0.171 e. The molecule has 0 amide bonds. The SMILES string of the molecule is Cc1ccc2c(c1)OC(C1=Nc3cc(-c4ccncc4)ccc3C1)CO2.Cc1ccc2c(c1)OCC(C1=Nc3cc(-c4ccncc4)ccc3C1)O2. The van der Waals surface area contributed by atoms with Crippen molar-refractivity contribution < 1.29 is 18.9 Å². The number of ether oxygens (including phenoxy) is 4. The van der Waals surface area contributed by atoms with Gasteiger partial charge in [0.05, 0.1) is 22.8 Å². The zero-order chi connectivity index (χ0) is 35.0. The highest BCUT2D eigenvalue weighted by Crippen LogP contribution is 2.38. The van der Waals surface area contributed by atoms with Crippen LogP contribution in [-0.2, 0) is 12.8 Å². The molecule has 0 bridgehead atoms. The molecule has 6 aromatic rings. The predicted molar refractivity (Wildman–Crippen MR) is 203 cm³/mol. The molecular weight excluding hydrogens is 649 g/mol. The van der Waals surface area contributed by atoms with E-state index in [1.165, 1.54) is 16.7 Å². The first-order valence-corrected chi connectivity index (χ1v) is 17.5. The molecule has 2 unspecified atom stereocenters. The second-order valence-corrected chi connectivity index (χ2v) is 13.5. The number of fused-ring (bicyclic) bond motifs is 4. The second kappa shape index (κ2) is 13.5. The van der Waals surface area contributed by atoms with E-state index in [-0.39, 0.29) is 12.2 Å². The summed E-state index contributed by atoms with van der Waals surface area (Å²) in [6, 6.07) is 33.0. The molecule has 4 aliphatic rings. The minimum absolute atomic E-state index is 0.137. The lowest BCUT2D eigenvalue weighted by Gasteiger charge is -2.26. The van der Waals surface area contributed by atoms with E-state index in [0.717, 1.165) is 86.5 Å². The third-order valence-electron chi connectivity index (χ3n) is 9.73. The predicted octanol–water partition coefficient (Wildman–Crippen LogP) is 9.05. The van der Waals surface area contributed by atoms with E-state index in [2.05, 4.69) is 53.3 Å². The maximum absolute atomic E-state index is 6.18. The zero-order valence-electron chi connectivity index (χ0n) is 29.0. The number of hydrogen-bond donors (Lipinski definition) is 0. The van der Waals surface area contributed by atoms with Crippen LogP contribution in [0.25, 0.3) is 22.3 Å². The van der Waals surface area contributed by atoms with Crippen LogP contribution in [-0.4, -0.2) is 46.8 Å². The standard InChI is InChI=1S/2C22H18N2O2/c1-14-2-5-20-21(10-14)25-13-22(26-20)19-12-17-4-3-16(11-18(17)24-19)15-6-8-23-9-7-15;1-14-2-5-20-21(10-14)26-22(13-25-20)19-12-17-4-3-16(11-18(17)24-19)15-6-8-23-9-7-15/h2*2-11,22H,12-13H2,1H3. The lowest BCUT2D eigenvalue weighted by Crippen LogP contribution is -2.36. The number of pyridine rings is 2. The van der Waals surface area contributed by atoms with Gasteiger partial charge in [-0.3, -0.25) is 20.0 Å². The van der Waals surface area contributed by atoms with Crippen molar-refractivity contribution in [3.63, 3.8) is 0 Å².